The van der Waals surface area contributed by atoms with Gasteiger partial charge in [-0.1, -0.05) is 6.07 Å². The molecule has 7 heteroatoms. The molecule has 5 nitrogen and oxygen atoms in total. The summed E-state index contributed by atoms with van der Waals surface area (Å²) in [6.45, 7) is 1.57. The first-order valence-electron chi connectivity index (χ1n) is 6.96. The Bertz CT molecular complexity index is 815. The second-order valence-electron chi connectivity index (χ2n) is 5.25. The maximum Gasteiger partial charge on any atom is 0.256 e. The lowest BCUT2D eigenvalue weighted by Gasteiger charge is -2.28. The third kappa shape index (κ3) is 2.82. The summed E-state index contributed by atoms with van der Waals surface area (Å²) in [7, 11) is 1.52. The molecule has 0 amide bonds. The molecule has 1 aliphatic heterocycles. The van der Waals surface area contributed by atoms with E-state index in [0.29, 0.717) is 41.2 Å². The summed E-state index contributed by atoms with van der Waals surface area (Å²) in [6.07, 6.45) is 0.680. The van der Waals surface area contributed by atoms with Crippen molar-refractivity contribution >= 4 is 12.2 Å². The van der Waals surface area contributed by atoms with E-state index in [4.69, 9.17) is 17.0 Å². The lowest BCUT2D eigenvalue weighted by atomic mass is 10.1. The highest BCUT2D eigenvalue weighted by atomic mass is 32.1. The zero-order valence-electron chi connectivity index (χ0n) is 12.1. The van der Waals surface area contributed by atoms with Gasteiger partial charge in [0, 0.05) is 37.3 Å². The molecule has 0 saturated carbocycles. The predicted molar refractivity (Wildman–Crippen MR) is 83.0 cm³/mol. The molecule has 2 heterocycles. The molecule has 0 fully saturated rings. The van der Waals surface area contributed by atoms with Gasteiger partial charge in [0.15, 0.2) is 4.77 Å². The van der Waals surface area contributed by atoms with Crippen molar-refractivity contribution in [3.8, 4) is 5.75 Å². The number of fused-ring (bicyclic) bond motifs is 1. The maximum absolute atomic E-state index is 14.0. The molecule has 0 unspecified atom stereocenters. The van der Waals surface area contributed by atoms with Gasteiger partial charge in [-0.2, -0.15) is 0 Å². The molecule has 0 bridgehead atoms. The van der Waals surface area contributed by atoms with Gasteiger partial charge in [0.1, 0.15) is 11.6 Å². The van der Waals surface area contributed by atoms with Crippen LogP contribution in [0.1, 0.15) is 16.8 Å². The number of ether oxygens (including phenoxy) is 1. The Hall–Kier alpha value is -1.99. The first-order chi connectivity index (χ1) is 10.6. The molecule has 2 aromatic rings. The van der Waals surface area contributed by atoms with Crippen LogP contribution in [0.4, 0.5) is 4.39 Å². The summed E-state index contributed by atoms with van der Waals surface area (Å²) >= 11 is 4.98. The van der Waals surface area contributed by atoms with E-state index in [2.05, 4.69) is 9.97 Å². The molecule has 0 aliphatic carbocycles. The lowest BCUT2D eigenvalue weighted by Crippen LogP contribution is -2.35. The monoisotopic (exact) mass is 321 g/mol. The van der Waals surface area contributed by atoms with Crippen LogP contribution in [-0.4, -0.2) is 28.5 Å². The Balaban J connectivity index is 1.87. The number of rotatable bonds is 3. The number of H-pyrrole nitrogens is 2. The third-order valence-electron chi connectivity index (χ3n) is 3.87. The van der Waals surface area contributed by atoms with Crippen LogP contribution in [0.15, 0.2) is 23.0 Å². The summed E-state index contributed by atoms with van der Waals surface area (Å²) < 4.78 is 19.6. The number of halogens is 1. The van der Waals surface area contributed by atoms with E-state index in [1.54, 1.807) is 12.1 Å². The highest BCUT2D eigenvalue weighted by Crippen LogP contribution is 2.25. The van der Waals surface area contributed by atoms with Gasteiger partial charge in [0.05, 0.1) is 12.7 Å². The van der Waals surface area contributed by atoms with Crippen molar-refractivity contribution in [2.45, 2.75) is 19.5 Å². The molecular weight excluding hydrogens is 305 g/mol. The van der Waals surface area contributed by atoms with Gasteiger partial charge >= 0.3 is 0 Å². The minimum absolute atomic E-state index is 0.177. The van der Waals surface area contributed by atoms with Crippen molar-refractivity contribution in [1.82, 2.24) is 14.9 Å². The Kier molecular flexibility index (Phi) is 4.08. The smallest absolute Gasteiger partial charge is 0.256 e. The Morgan fingerprint density at radius 1 is 1.41 bits per heavy atom. The fourth-order valence-electron chi connectivity index (χ4n) is 2.75. The van der Waals surface area contributed by atoms with Crippen LogP contribution in [0.25, 0.3) is 0 Å². The highest BCUT2D eigenvalue weighted by molar-refractivity contribution is 7.71. The Morgan fingerprint density at radius 2 is 2.23 bits per heavy atom. The number of aromatic amines is 2. The van der Waals surface area contributed by atoms with Crippen LogP contribution in [0.3, 0.4) is 0 Å². The number of nitrogens with zero attached hydrogens (tertiary/aromatic N) is 1. The SMILES string of the molecule is COc1cccc(F)c1CN1CCc2[nH]c(=S)[nH]c(=O)c2C1. The van der Waals surface area contributed by atoms with Gasteiger partial charge in [-0.3, -0.25) is 14.7 Å². The summed E-state index contributed by atoms with van der Waals surface area (Å²) in [4.78, 5) is 19.6. The topological polar surface area (TPSA) is 61.1 Å². The van der Waals surface area contributed by atoms with Crippen LogP contribution in [0.2, 0.25) is 0 Å². The van der Waals surface area contributed by atoms with Gasteiger partial charge in [-0.05, 0) is 24.4 Å². The quantitative estimate of drug-likeness (QED) is 0.850. The summed E-state index contributed by atoms with van der Waals surface area (Å²) in [5.41, 5.74) is 1.86. The van der Waals surface area contributed by atoms with Crippen LogP contribution in [0.5, 0.6) is 5.75 Å². The van der Waals surface area contributed by atoms with Crippen LogP contribution in [0, 0.1) is 10.6 Å². The number of hydrogen-bond acceptors (Lipinski definition) is 4. The fraction of sp³-hybridized carbons (Fsp3) is 0.333. The zero-order valence-corrected chi connectivity index (χ0v) is 12.9. The van der Waals surface area contributed by atoms with E-state index in [1.165, 1.54) is 13.2 Å². The third-order valence-corrected chi connectivity index (χ3v) is 4.07. The Labute approximate surface area is 131 Å². The van der Waals surface area contributed by atoms with Crippen LogP contribution >= 0.6 is 12.2 Å². The average Bonchev–Trinajstić information content (AvgIpc) is 2.49. The van der Waals surface area contributed by atoms with E-state index in [1.807, 2.05) is 4.90 Å². The zero-order chi connectivity index (χ0) is 15.7. The molecule has 1 aliphatic rings. The highest BCUT2D eigenvalue weighted by Gasteiger charge is 2.22. The minimum atomic E-state index is -0.300. The molecule has 2 N–H and O–H groups in total. The number of hydrogen-bond donors (Lipinski definition) is 2. The maximum atomic E-state index is 14.0. The van der Waals surface area contributed by atoms with Crippen molar-refractivity contribution < 1.29 is 9.13 Å². The molecule has 1 aromatic heterocycles. The largest absolute Gasteiger partial charge is 0.496 e. The van der Waals surface area contributed by atoms with E-state index in [-0.39, 0.29) is 11.4 Å². The van der Waals surface area contributed by atoms with Crippen molar-refractivity contribution in [2.75, 3.05) is 13.7 Å². The van der Waals surface area contributed by atoms with Gasteiger partial charge in [0.25, 0.3) is 5.56 Å². The minimum Gasteiger partial charge on any atom is -0.496 e. The molecule has 3 rings (SSSR count). The molecule has 116 valence electrons. The second kappa shape index (κ2) is 6.02. The first kappa shape index (κ1) is 14.9. The summed E-state index contributed by atoms with van der Waals surface area (Å²) in [5.74, 6) is 0.221. The van der Waals surface area contributed by atoms with Crippen molar-refractivity contribution in [3.05, 3.63) is 56.0 Å². The number of nitrogens with one attached hydrogen (secondary N) is 2. The number of benzene rings is 1. The number of methoxy groups -OCH3 is 1. The predicted octanol–water partition coefficient (Wildman–Crippen LogP) is 2.14. The fourth-order valence-corrected chi connectivity index (χ4v) is 2.97. The average molecular weight is 321 g/mol. The van der Waals surface area contributed by atoms with Crippen LogP contribution < -0.4 is 10.3 Å². The number of aromatic nitrogens is 2. The molecule has 1 aromatic carbocycles. The molecule has 0 saturated heterocycles. The molecule has 22 heavy (non-hydrogen) atoms. The van der Waals surface area contributed by atoms with Crippen molar-refractivity contribution in [1.29, 1.82) is 0 Å². The van der Waals surface area contributed by atoms with Crippen molar-refractivity contribution in [3.63, 3.8) is 0 Å². The van der Waals surface area contributed by atoms with E-state index in [0.717, 1.165) is 12.2 Å². The van der Waals surface area contributed by atoms with E-state index in [9.17, 15) is 9.18 Å². The summed E-state index contributed by atoms with van der Waals surface area (Å²) in [5, 5.41) is 0. The van der Waals surface area contributed by atoms with E-state index >= 15 is 0 Å². The standard InChI is InChI=1S/C15H16FN3O2S/c1-21-13-4-2-3-11(16)9(13)7-19-6-5-12-10(8-19)14(20)18-15(22)17-12/h2-4H,5-8H2,1H3,(H2,17,18,20,22). The molecular formula is C15H16FN3O2S. The molecule has 0 radical (unpaired) electrons. The van der Waals surface area contributed by atoms with E-state index < -0.39 is 0 Å². The normalized spacial score (nSPS) is 14.6. The van der Waals surface area contributed by atoms with Gasteiger partial charge in [0.2, 0.25) is 0 Å². The van der Waals surface area contributed by atoms with Crippen molar-refractivity contribution in [2.24, 2.45) is 0 Å². The molecule has 0 spiro atoms. The summed E-state index contributed by atoms with van der Waals surface area (Å²) in [6, 6.07) is 4.77. The second-order valence-corrected chi connectivity index (χ2v) is 5.65. The van der Waals surface area contributed by atoms with Gasteiger partial charge in [-0.25, -0.2) is 4.39 Å². The Morgan fingerprint density at radius 3 is 3.00 bits per heavy atom. The first-order valence-corrected chi connectivity index (χ1v) is 7.37. The van der Waals surface area contributed by atoms with Gasteiger partial charge < -0.3 is 9.72 Å². The lowest BCUT2D eigenvalue weighted by molar-refractivity contribution is 0.234. The molecule has 0 atom stereocenters. The van der Waals surface area contributed by atoms with Crippen LogP contribution in [-0.2, 0) is 19.5 Å². The van der Waals surface area contributed by atoms with Gasteiger partial charge in [-0.15, -0.1) is 0 Å².